The van der Waals surface area contributed by atoms with E-state index in [0.717, 1.165) is 0 Å². The molecule has 1 N–H and O–H groups in total. The first-order chi connectivity index (χ1) is 16.2. The van der Waals surface area contributed by atoms with E-state index in [0.29, 0.717) is 57.1 Å². The number of methoxy groups -OCH3 is 2. The smallest absolute Gasteiger partial charge is 0.336 e. The highest BCUT2D eigenvalue weighted by Crippen LogP contribution is 2.48. The molecule has 0 radical (unpaired) electrons. The van der Waals surface area contributed by atoms with Crippen molar-refractivity contribution in [1.82, 2.24) is 5.32 Å². The van der Waals surface area contributed by atoms with Gasteiger partial charge in [0, 0.05) is 22.9 Å². The van der Waals surface area contributed by atoms with E-state index >= 15 is 0 Å². The maximum atomic E-state index is 13.8. The van der Waals surface area contributed by atoms with Gasteiger partial charge in [-0.05, 0) is 66.7 Å². The van der Waals surface area contributed by atoms with Crippen molar-refractivity contribution in [2.24, 2.45) is 11.8 Å². The average Bonchev–Trinajstić information content (AvgIpc) is 2.78. The number of carbonyl (C=O) groups is 3. The molecule has 1 aromatic rings. The second-order valence-electron chi connectivity index (χ2n) is 8.22. The molecule has 0 aromatic heterocycles. The normalized spacial score (nSPS) is 22.1. The van der Waals surface area contributed by atoms with Gasteiger partial charge in [-0.1, -0.05) is 6.92 Å². The van der Waals surface area contributed by atoms with Crippen LogP contribution in [0.15, 0.2) is 39.1 Å². The molecule has 0 fully saturated rings. The Bertz CT molecular complexity index is 1080. The van der Waals surface area contributed by atoms with Gasteiger partial charge >= 0.3 is 11.9 Å². The summed E-state index contributed by atoms with van der Waals surface area (Å²) in [6.07, 6.45) is 0.459. The van der Waals surface area contributed by atoms with Crippen LogP contribution < -0.4 is 14.8 Å². The summed E-state index contributed by atoms with van der Waals surface area (Å²) in [4.78, 5) is 39.4. The third-order valence-corrected chi connectivity index (χ3v) is 6.70. The number of carbonyl (C=O) groups excluding carboxylic acids is 3. The summed E-state index contributed by atoms with van der Waals surface area (Å²) in [5, 5.41) is 3.24. The molecule has 3 atom stereocenters. The summed E-state index contributed by atoms with van der Waals surface area (Å²) >= 11 is 3.53. The van der Waals surface area contributed by atoms with Gasteiger partial charge in [-0.15, -0.1) is 0 Å². The molecule has 1 heterocycles. The Labute approximate surface area is 207 Å². The van der Waals surface area contributed by atoms with E-state index in [1.807, 2.05) is 13.8 Å². The van der Waals surface area contributed by atoms with Crippen molar-refractivity contribution >= 4 is 33.7 Å². The fraction of sp³-hybridized carbons (Fsp3) is 0.480. The molecule has 0 bridgehead atoms. The molecule has 0 amide bonds. The predicted molar refractivity (Wildman–Crippen MR) is 128 cm³/mol. The van der Waals surface area contributed by atoms with Crippen molar-refractivity contribution in [2.45, 2.75) is 40.0 Å². The lowest BCUT2D eigenvalue weighted by atomic mass is 9.69. The molecule has 3 rings (SSSR count). The lowest BCUT2D eigenvalue weighted by Gasteiger charge is -2.38. The number of hydrogen-bond donors (Lipinski definition) is 1. The highest BCUT2D eigenvalue weighted by atomic mass is 79.9. The molecule has 8 nitrogen and oxygen atoms in total. The highest BCUT2D eigenvalue weighted by molar-refractivity contribution is 9.10. The van der Waals surface area contributed by atoms with Crippen LogP contribution in [0.1, 0.15) is 45.6 Å². The number of halogens is 1. The number of allylic oxidation sites excluding steroid dienone is 3. The number of hydrogen-bond acceptors (Lipinski definition) is 8. The number of benzene rings is 1. The molecule has 0 saturated carbocycles. The standard InChI is InChI=1S/C25H30BrNO7/c1-7-33-17-11-14(10-15(26)23(17)31-5)20-19(25(30)34-8-2)13(4)27-16-9-12(3)18(24(29)32-6)22(28)21(16)20/h10-12,18,20,27H,7-9H2,1-6H3/t12-,18+,20+/m1/s1. The van der Waals surface area contributed by atoms with Crippen LogP contribution in [0.25, 0.3) is 0 Å². The fourth-order valence-electron chi connectivity index (χ4n) is 4.71. The molecule has 0 spiro atoms. The van der Waals surface area contributed by atoms with Gasteiger partial charge in [0.1, 0.15) is 5.92 Å². The van der Waals surface area contributed by atoms with Crippen LogP contribution in [0.3, 0.4) is 0 Å². The molecular formula is C25H30BrNO7. The Morgan fingerprint density at radius 1 is 1.18 bits per heavy atom. The van der Waals surface area contributed by atoms with Crippen LogP contribution in [0.5, 0.6) is 11.5 Å². The van der Waals surface area contributed by atoms with Crippen molar-refractivity contribution in [3.8, 4) is 11.5 Å². The molecule has 1 aliphatic carbocycles. The Kier molecular flexibility index (Phi) is 8.07. The zero-order chi connectivity index (χ0) is 25.2. The fourth-order valence-corrected chi connectivity index (χ4v) is 5.33. The van der Waals surface area contributed by atoms with Gasteiger partial charge in [-0.2, -0.15) is 0 Å². The summed E-state index contributed by atoms with van der Waals surface area (Å²) in [5.74, 6) is -2.48. The zero-order valence-electron chi connectivity index (χ0n) is 20.2. The molecule has 9 heteroatoms. The van der Waals surface area contributed by atoms with E-state index in [9.17, 15) is 14.4 Å². The SMILES string of the molecule is CCOC(=O)C1=C(C)NC2=C(C(=O)[C@@H](C(=O)OC)[C@H](C)C2)[C@H]1c1cc(Br)c(OC)c(OCC)c1. The van der Waals surface area contributed by atoms with Gasteiger partial charge in [0.05, 0.1) is 37.5 Å². The first-order valence-electron chi connectivity index (χ1n) is 11.2. The number of Topliss-reactive ketones (excluding diaryl/α,β-unsaturated/α-hetero) is 1. The van der Waals surface area contributed by atoms with Crippen molar-refractivity contribution in [3.05, 3.63) is 44.7 Å². The second kappa shape index (κ2) is 10.6. The first-order valence-corrected chi connectivity index (χ1v) is 12.0. The number of nitrogens with one attached hydrogen (secondary N) is 1. The summed E-state index contributed by atoms with van der Waals surface area (Å²) in [5.41, 5.74) is 2.61. The molecule has 0 saturated heterocycles. The van der Waals surface area contributed by atoms with E-state index in [1.165, 1.54) is 14.2 Å². The Morgan fingerprint density at radius 3 is 2.47 bits per heavy atom. The minimum atomic E-state index is -0.956. The number of ether oxygens (including phenoxy) is 4. The minimum Gasteiger partial charge on any atom is -0.492 e. The van der Waals surface area contributed by atoms with Gasteiger partial charge in [0.25, 0.3) is 0 Å². The van der Waals surface area contributed by atoms with Crippen LogP contribution in [-0.2, 0) is 23.9 Å². The third-order valence-electron chi connectivity index (χ3n) is 6.11. The molecule has 1 aromatic carbocycles. The molecule has 1 aliphatic heterocycles. The van der Waals surface area contributed by atoms with Gasteiger partial charge in [-0.3, -0.25) is 9.59 Å². The number of ketones is 1. The van der Waals surface area contributed by atoms with E-state index in [2.05, 4.69) is 21.2 Å². The van der Waals surface area contributed by atoms with Crippen LogP contribution in [-0.4, -0.2) is 45.2 Å². The van der Waals surface area contributed by atoms with Crippen molar-refractivity contribution < 1.29 is 33.3 Å². The Hall–Kier alpha value is -2.81. The van der Waals surface area contributed by atoms with E-state index in [1.54, 1.807) is 26.0 Å². The Balaban J connectivity index is 2.27. The quantitative estimate of drug-likeness (QED) is 0.412. The first kappa shape index (κ1) is 25.8. The van der Waals surface area contributed by atoms with Crippen LogP contribution in [0.4, 0.5) is 0 Å². The number of dihydropyridines is 1. The van der Waals surface area contributed by atoms with Crippen LogP contribution in [0.2, 0.25) is 0 Å². The average molecular weight is 536 g/mol. The Morgan fingerprint density at radius 2 is 1.88 bits per heavy atom. The van der Waals surface area contributed by atoms with Crippen LogP contribution in [0, 0.1) is 11.8 Å². The van der Waals surface area contributed by atoms with E-state index in [4.69, 9.17) is 18.9 Å². The van der Waals surface area contributed by atoms with Crippen molar-refractivity contribution in [3.63, 3.8) is 0 Å². The van der Waals surface area contributed by atoms with Crippen molar-refractivity contribution in [1.29, 1.82) is 0 Å². The topological polar surface area (TPSA) is 100 Å². The maximum absolute atomic E-state index is 13.8. The summed E-state index contributed by atoms with van der Waals surface area (Å²) in [6, 6.07) is 3.56. The van der Waals surface area contributed by atoms with Gasteiger partial charge in [-0.25, -0.2) is 4.79 Å². The maximum Gasteiger partial charge on any atom is 0.336 e. The second-order valence-corrected chi connectivity index (χ2v) is 9.08. The largest absolute Gasteiger partial charge is 0.492 e. The zero-order valence-corrected chi connectivity index (χ0v) is 21.8. The summed E-state index contributed by atoms with van der Waals surface area (Å²) in [6.45, 7) is 7.78. The van der Waals surface area contributed by atoms with Crippen LogP contribution >= 0.6 is 15.9 Å². The summed E-state index contributed by atoms with van der Waals surface area (Å²) in [7, 11) is 2.81. The lowest BCUT2D eigenvalue weighted by Crippen LogP contribution is -2.43. The third kappa shape index (κ3) is 4.58. The molecule has 34 heavy (non-hydrogen) atoms. The van der Waals surface area contributed by atoms with Gasteiger partial charge in [0.2, 0.25) is 0 Å². The molecule has 184 valence electrons. The van der Waals surface area contributed by atoms with Crippen molar-refractivity contribution in [2.75, 3.05) is 27.4 Å². The molecule has 2 aliphatic rings. The number of rotatable bonds is 7. The minimum absolute atomic E-state index is 0.181. The molecule has 0 unspecified atom stereocenters. The van der Waals surface area contributed by atoms with E-state index < -0.39 is 23.8 Å². The monoisotopic (exact) mass is 535 g/mol. The molecular weight excluding hydrogens is 506 g/mol. The van der Waals surface area contributed by atoms with Gasteiger partial charge < -0.3 is 24.3 Å². The predicted octanol–water partition coefficient (Wildman–Crippen LogP) is 4.03. The van der Waals surface area contributed by atoms with Gasteiger partial charge in [0.15, 0.2) is 17.3 Å². The lowest BCUT2D eigenvalue weighted by molar-refractivity contribution is -0.151. The number of esters is 2. The highest BCUT2D eigenvalue weighted by Gasteiger charge is 2.47. The van der Waals surface area contributed by atoms with E-state index in [-0.39, 0.29) is 18.3 Å². The summed E-state index contributed by atoms with van der Waals surface area (Å²) < 4.78 is 22.2.